The van der Waals surface area contributed by atoms with E-state index in [-0.39, 0.29) is 6.10 Å². The van der Waals surface area contributed by atoms with Crippen LogP contribution in [0.3, 0.4) is 0 Å². The summed E-state index contributed by atoms with van der Waals surface area (Å²) in [7, 11) is 0. The Labute approximate surface area is 77.4 Å². The molecule has 1 rings (SSSR count). The molecule has 2 heteroatoms. The molecule has 0 radical (unpaired) electrons. The van der Waals surface area contributed by atoms with Gasteiger partial charge in [-0.1, -0.05) is 12.2 Å². The Bertz CT molecular complexity index is 263. The highest BCUT2D eigenvalue weighted by molar-refractivity contribution is 7.12. The molecular formula is C10H14OS. The number of allylic oxidation sites excluding steroid dienone is 1. The van der Waals surface area contributed by atoms with Gasteiger partial charge < -0.3 is 5.11 Å². The van der Waals surface area contributed by atoms with E-state index < -0.39 is 0 Å². The summed E-state index contributed by atoms with van der Waals surface area (Å²) in [6.45, 7) is 4.02. The minimum atomic E-state index is -0.320. The van der Waals surface area contributed by atoms with Crippen molar-refractivity contribution in [2.75, 3.05) is 0 Å². The molecular weight excluding hydrogens is 168 g/mol. The van der Waals surface area contributed by atoms with Crippen LogP contribution in [0.5, 0.6) is 0 Å². The van der Waals surface area contributed by atoms with Crippen LogP contribution in [0, 0.1) is 6.92 Å². The molecule has 0 aromatic carbocycles. The monoisotopic (exact) mass is 182 g/mol. The Hall–Kier alpha value is -0.600. The maximum atomic E-state index is 9.62. The van der Waals surface area contributed by atoms with E-state index in [1.807, 2.05) is 31.2 Å². The lowest BCUT2D eigenvalue weighted by atomic mass is 10.2. The summed E-state index contributed by atoms with van der Waals surface area (Å²) in [5.41, 5.74) is 0. The summed E-state index contributed by atoms with van der Waals surface area (Å²) >= 11 is 1.66. The normalized spacial score (nSPS) is 13.9. The minimum Gasteiger partial charge on any atom is -0.387 e. The maximum Gasteiger partial charge on any atom is 0.0916 e. The van der Waals surface area contributed by atoms with Crippen molar-refractivity contribution in [3.05, 3.63) is 34.0 Å². The first-order valence-corrected chi connectivity index (χ1v) is 4.91. The van der Waals surface area contributed by atoms with Crippen LogP contribution in [0.15, 0.2) is 24.3 Å². The average molecular weight is 182 g/mol. The Morgan fingerprint density at radius 3 is 2.83 bits per heavy atom. The largest absolute Gasteiger partial charge is 0.387 e. The van der Waals surface area contributed by atoms with Crippen LogP contribution in [0.25, 0.3) is 0 Å². The van der Waals surface area contributed by atoms with Gasteiger partial charge in [-0.2, -0.15) is 0 Å². The third kappa shape index (κ3) is 2.47. The number of thiophene rings is 1. The van der Waals surface area contributed by atoms with Crippen molar-refractivity contribution in [3.63, 3.8) is 0 Å². The molecule has 0 spiro atoms. The number of hydrogen-bond acceptors (Lipinski definition) is 2. The average Bonchev–Trinajstić information content (AvgIpc) is 2.47. The zero-order valence-electron chi connectivity index (χ0n) is 7.45. The molecule has 0 fully saturated rings. The number of aryl methyl sites for hydroxylation is 1. The fourth-order valence-corrected chi connectivity index (χ4v) is 1.89. The van der Waals surface area contributed by atoms with E-state index in [0.29, 0.717) is 0 Å². The van der Waals surface area contributed by atoms with Crippen LogP contribution in [0.4, 0.5) is 0 Å². The van der Waals surface area contributed by atoms with Crippen molar-refractivity contribution in [1.82, 2.24) is 0 Å². The van der Waals surface area contributed by atoms with Gasteiger partial charge in [0.05, 0.1) is 6.10 Å². The smallest absolute Gasteiger partial charge is 0.0916 e. The molecule has 0 saturated heterocycles. The molecule has 0 amide bonds. The summed E-state index contributed by atoms with van der Waals surface area (Å²) in [6, 6.07) is 4.03. The lowest BCUT2D eigenvalue weighted by Crippen LogP contribution is -1.90. The van der Waals surface area contributed by atoms with Crippen LogP contribution in [0.2, 0.25) is 0 Å². The highest BCUT2D eigenvalue weighted by Gasteiger charge is 2.06. The molecule has 0 aliphatic rings. The fraction of sp³-hybridized carbons (Fsp3) is 0.400. The van der Waals surface area contributed by atoms with Crippen molar-refractivity contribution in [2.45, 2.75) is 26.4 Å². The van der Waals surface area contributed by atoms with E-state index in [9.17, 15) is 5.11 Å². The molecule has 1 aromatic heterocycles. The lowest BCUT2D eigenvalue weighted by molar-refractivity contribution is 0.185. The van der Waals surface area contributed by atoms with Gasteiger partial charge in [-0.15, -0.1) is 11.3 Å². The van der Waals surface area contributed by atoms with Gasteiger partial charge in [0.15, 0.2) is 0 Å². The van der Waals surface area contributed by atoms with E-state index in [1.165, 1.54) is 4.88 Å². The van der Waals surface area contributed by atoms with Crippen LogP contribution in [0.1, 0.15) is 29.2 Å². The SMILES string of the molecule is C/C=C/CC(O)c1ccc(C)s1. The van der Waals surface area contributed by atoms with Gasteiger partial charge in [-0.3, -0.25) is 0 Å². The van der Waals surface area contributed by atoms with Crippen molar-refractivity contribution < 1.29 is 5.11 Å². The number of rotatable bonds is 3. The van der Waals surface area contributed by atoms with Crippen LogP contribution in [-0.4, -0.2) is 5.11 Å². The number of hydrogen-bond donors (Lipinski definition) is 1. The molecule has 1 heterocycles. The van der Waals surface area contributed by atoms with Gasteiger partial charge in [-0.25, -0.2) is 0 Å². The first kappa shape index (κ1) is 9.49. The molecule has 1 N–H and O–H groups in total. The van der Waals surface area contributed by atoms with Gasteiger partial charge in [0, 0.05) is 9.75 Å². The number of aliphatic hydroxyl groups is 1. The molecule has 1 nitrogen and oxygen atoms in total. The van der Waals surface area contributed by atoms with Crippen molar-refractivity contribution in [3.8, 4) is 0 Å². The Balaban J connectivity index is 2.58. The van der Waals surface area contributed by atoms with E-state index in [2.05, 4.69) is 6.92 Å². The maximum absolute atomic E-state index is 9.62. The zero-order chi connectivity index (χ0) is 8.97. The third-order valence-corrected chi connectivity index (χ3v) is 2.79. The summed E-state index contributed by atoms with van der Waals surface area (Å²) in [5.74, 6) is 0. The predicted octanol–water partition coefficient (Wildman–Crippen LogP) is 3.06. The molecule has 1 aromatic rings. The molecule has 0 saturated carbocycles. The van der Waals surface area contributed by atoms with E-state index in [4.69, 9.17) is 0 Å². The second-order valence-corrected chi connectivity index (χ2v) is 4.09. The lowest BCUT2D eigenvalue weighted by Gasteiger charge is -2.03. The van der Waals surface area contributed by atoms with Crippen molar-refractivity contribution in [2.24, 2.45) is 0 Å². The van der Waals surface area contributed by atoms with Crippen LogP contribution < -0.4 is 0 Å². The van der Waals surface area contributed by atoms with Gasteiger partial charge >= 0.3 is 0 Å². The summed E-state index contributed by atoms with van der Waals surface area (Å²) in [6.07, 6.45) is 4.35. The first-order chi connectivity index (χ1) is 5.74. The molecule has 1 unspecified atom stereocenters. The summed E-state index contributed by atoms with van der Waals surface area (Å²) in [4.78, 5) is 2.31. The highest BCUT2D eigenvalue weighted by Crippen LogP contribution is 2.24. The summed E-state index contributed by atoms with van der Waals surface area (Å²) < 4.78 is 0. The second-order valence-electron chi connectivity index (χ2n) is 2.77. The summed E-state index contributed by atoms with van der Waals surface area (Å²) in [5, 5.41) is 9.62. The molecule has 12 heavy (non-hydrogen) atoms. The third-order valence-electron chi connectivity index (χ3n) is 1.68. The van der Waals surface area contributed by atoms with E-state index in [0.717, 1.165) is 11.3 Å². The van der Waals surface area contributed by atoms with Gasteiger partial charge in [-0.05, 0) is 32.4 Å². The van der Waals surface area contributed by atoms with Crippen LogP contribution in [-0.2, 0) is 0 Å². The second kappa shape index (κ2) is 4.43. The molecule has 66 valence electrons. The molecule has 0 bridgehead atoms. The van der Waals surface area contributed by atoms with E-state index >= 15 is 0 Å². The van der Waals surface area contributed by atoms with Gasteiger partial charge in [0.2, 0.25) is 0 Å². The van der Waals surface area contributed by atoms with Crippen molar-refractivity contribution in [1.29, 1.82) is 0 Å². The molecule has 1 atom stereocenters. The predicted molar refractivity (Wildman–Crippen MR) is 53.4 cm³/mol. The van der Waals surface area contributed by atoms with Gasteiger partial charge in [0.1, 0.15) is 0 Å². The zero-order valence-corrected chi connectivity index (χ0v) is 8.27. The highest BCUT2D eigenvalue weighted by atomic mass is 32.1. The molecule has 0 aliphatic carbocycles. The number of aliphatic hydroxyl groups excluding tert-OH is 1. The van der Waals surface area contributed by atoms with Crippen LogP contribution >= 0.6 is 11.3 Å². The van der Waals surface area contributed by atoms with Gasteiger partial charge in [0.25, 0.3) is 0 Å². The first-order valence-electron chi connectivity index (χ1n) is 4.09. The van der Waals surface area contributed by atoms with E-state index in [1.54, 1.807) is 11.3 Å². The minimum absolute atomic E-state index is 0.320. The molecule has 0 aliphatic heterocycles. The topological polar surface area (TPSA) is 20.2 Å². The Morgan fingerprint density at radius 1 is 1.58 bits per heavy atom. The Kier molecular flexibility index (Phi) is 3.50. The Morgan fingerprint density at radius 2 is 2.33 bits per heavy atom. The fourth-order valence-electron chi connectivity index (χ4n) is 1.01. The van der Waals surface area contributed by atoms with Crippen molar-refractivity contribution >= 4 is 11.3 Å². The standard InChI is InChI=1S/C10H14OS/c1-3-4-5-9(11)10-7-6-8(2)12-10/h3-4,6-7,9,11H,5H2,1-2H3/b4-3+. The quantitative estimate of drug-likeness (QED) is 0.712.